The second kappa shape index (κ2) is 5.51. The first-order valence-electron chi connectivity index (χ1n) is 5.45. The number of nitrogens with zero attached hydrogens (tertiary/aromatic N) is 2. The summed E-state index contributed by atoms with van der Waals surface area (Å²) < 4.78 is 5.30. The Bertz CT molecular complexity index is 297. The lowest BCUT2D eigenvalue weighted by atomic mass is 10.1. The molecule has 5 heteroatoms. The van der Waals surface area contributed by atoms with Crippen molar-refractivity contribution in [3.8, 4) is 0 Å². The molecule has 1 unspecified atom stereocenters. The lowest BCUT2D eigenvalue weighted by Gasteiger charge is -2.16. The van der Waals surface area contributed by atoms with E-state index in [2.05, 4.69) is 15.5 Å². The minimum atomic E-state index is 0.486. The molecule has 84 valence electrons. The van der Waals surface area contributed by atoms with Crippen LogP contribution in [0.1, 0.15) is 30.5 Å². The van der Waals surface area contributed by atoms with Crippen molar-refractivity contribution in [3.63, 3.8) is 0 Å². The number of thioether (sulfide) groups is 1. The maximum atomic E-state index is 5.30. The molecule has 1 N–H and O–H groups in total. The van der Waals surface area contributed by atoms with E-state index in [1.165, 1.54) is 18.6 Å². The van der Waals surface area contributed by atoms with Gasteiger partial charge in [-0.2, -0.15) is 16.7 Å². The van der Waals surface area contributed by atoms with Crippen LogP contribution in [0.2, 0.25) is 0 Å². The van der Waals surface area contributed by atoms with Gasteiger partial charge in [0, 0.05) is 24.6 Å². The van der Waals surface area contributed by atoms with Crippen LogP contribution in [0.25, 0.3) is 0 Å². The molecule has 4 nitrogen and oxygen atoms in total. The molecule has 1 aromatic rings. The van der Waals surface area contributed by atoms with E-state index in [1.54, 1.807) is 0 Å². The van der Waals surface area contributed by atoms with Crippen molar-refractivity contribution < 1.29 is 4.52 Å². The Kier molecular flexibility index (Phi) is 4.02. The predicted molar refractivity (Wildman–Crippen MR) is 61.2 cm³/mol. The standard InChI is InChI=1S/C10H17N3OS/c1-11-5-4-9-12-10(14-13-9)8-3-2-6-15-7-8/h8,11H,2-7H2,1H3. The summed E-state index contributed by atoms with van der Waals surface area (Å²) in [5.74, 6) is 4.56. The van der Waals surface area contributed by atoms with Crippen molar-refractivity contribution in [2.24, 2.45) is 0 Å². The fourth-order valence-corrected chi connectivity index (χ4v) is 2.84. The number of likely N-dealkylation sites (N-methyl/N-ethyl adjacent to an activating group) is 1. The van der Waals surface area contributed by atoms with Gasteiger partial charge < -0.3 is 9.84 Å². The molecule has 0 saturated carbocycles. The monoisotopic (exact) mass is 227 g/mol. The molecule has 1 aromatic heterocycles. The number of rotatable bonds is 4. The summed E-state index contributed by atoms with van der Waals surface area (Å²) in [7, 11) is 1.93. The van der Waals surface area contributed by atoms with E-state index < -0.39 is 0 Å². The van der Waals surface area contributed by atoms with Crippen molar-refractivity contribution in [2.45, 2.75) is 25.2 Å². The van der Waals surface area contributed by atoms with E-state index in [4.69, 9.17) is 4.52 Å². The first-order valence-corrected chi connectivity index (χ1v) is 6.60. The summed E-state index contributed by atoms with van der Waals surface area (Å²) in [6.45, 7) is 0.901. The van der Waals surface area contributed by atoms with Gasteiger partial charge in [0.2, 0.25) is 5.89 Å². The zero-order valence-electron chi connectivity index (χ0n) is 9.03. The van der Waals surface area contributed by atoms with Gasteiger partial charge in [-0.1, -0.05) is 5.16 Å². The highest BCUT2D eigenvalue weighted by molar-refractivity contribution is 7.99. The normalized spacial score (nSPS) is 21.8. The molecule has 0 bridgehead atoms. The summed E-state index contributed by atoms with van der Waals surface area (Å²) in [6.07, 6.45) is 3.31. The van der Waals surface area contributed by atoms with Gasteiger partial charge >= 0.3 is 0 Å². The summed E-state index contributed by atoms with van der Waals surface area (Å²) in [6, 6.07) is 0. The van der Waals surface area contributed by atoms with Crippen LogP contribution in [0.15, 0.2) is 4.52 Å². The Morgan fingerprint density at radius 1 is 1.60 bits per heavy atom. The third-order valence-electron chi connectivity index (χ3n) is 2.59. The second-order valence-corrected chi connectivity index (χ2v) is 4.97. The van der Waals surface area contributed by atoms with Crippen molar-refractivity contribution in [2.75, 3.05) is 25.1 Å². The average molecular weight is 227 g/mol. The minimum Gasteiger partial charge on any atom is -0.339 e. The molecular weight excluding hydrogens is 210 g/mol. The molecule has 1 saturated heterocycles. The third-order valence-corrected chi connectivity index (χ3v) is 3.81. The van der Waals surface area contributed by atoms with Gasteiger partial charge in [-0.15, -0.1) is 0 Å². The van der Waals surface area contributed by atoms with Gasteiger partial charge in [0.05, 0.1) is 0 Å². The zero-order valence-corrected chi connectivity index (χ0v) is 9.85. The highest BCUT2D eigenvalue weighted by Gasteiger charge is 2.21. The van der Waals surface area contributed by atoms with Crippen LogP contribution in [-0.4, -0.2) is 35.2 Å². The van der Waals surface area contributed by atoms with E-state index in [0.29, 0.717) is 5.92 Å². The zero-order chi connectivity index (χ0) is 10.5. The molecule has 1 fully saturated rings. The molecule has 15 heavy (non-hydrogen) atoms. The maximum Gasteiger partial charge on any atom is 0.230 e. The maximum absolute atomic E-state index is 5.30. The largest absolute Gasteiger partial charge is 0.339 e. The molecule has 2 heterocycles. The molecular formula is C10H17N3OS. The Balaban J connectivity index is 1.93. The fourth-order valence-electron chi connectivity index (χ4n) is 1.71. The predicted octanol–water partition coefficient (Wildman–Crippen LogP) is 1.44. The van der Waals surface area contributed by atoms with Crippen molar-refractivity contribution in [1.82, 2.24) is 15.5 Å². The smallest absolute Gasteiger partial charge is 0.230 e. The van der Waals surface area contributed by atoms with E-state index >= 15 is 0 Å². The van der Waals surface area contributed by atoms with Crippen LogP contribution in [0.3, 0.4) is 0 Å². The van der Waals surface area contributed by atoms with Crippen LogP contribution >= 0.6 is 11.8 Å². The van der Waals surface area contributed by atoms with Gasteiger partial charge in [0.15, 0.2) is 5.82 Å². The van der Waals surface area contributed by atoms with Crippen molar-refractivity contribution >= 4 is 11.8 Å². The van der Waals surface area contributed by atoms with Crippen LogP contribution < -0.4 is 5.32 Å². The topological polar surface area (TPSA) is 51.0 Å². The number of hydrogen-bond acceptors (Lipinski definition) is 5. The molecule has 2 rings (SSSR count). The van der Waals surface area contributed by atoms with E-state index in [1.807, 2.05) is 18.8 Å². The quantitative estimate of drug-likeness (QED) is 0.843. The van der Waals surface area contributed by atoms with Gasteiger partial charge in [-0.05, 0) is 25.6 Å². The molecule has 0 spiro atoms. The van der Waals surface area contributed by atoms with Gasteiger partial charge in [-0.3, -0.25) is 0 Å². The lowest BCUT2D eigenvalue weighted by Crippen LogP contribution is -2.12. The Hall–Kier alpha value is -0.550. The average Bonchev–Trinajstić information content (AvgIpc) is 2.76. The number of aromatic nitrogens is 2. The van der Waals surface area contributed by atoms with Crippen LogP contribution in [0.5, 0.6) is 0 Å². The SMILES string of the molecule is CNCCc1noc(C2CCCSC2)n1. The first kappa shape index (κ1) is 11.0. The Morgan fingerprint density at radius 2 is 2.53 bits per heavy atom. The van der Waals surface area contributed by atoms with Crippen LogP contribution in [0, 0.1) is 0 Å². The van der Waals surface area contributed by atoms with Crippen molar-refractivity contribution in [1.29, 1.82) is 0 Å². The van der Waals surface area contributed by atoms with Gasteiger partial charge in [0.1, 0.15) is 0 Å². The number of hydrogen-bond donors (Lipinski definition) is 1. The molecule has 1 aliphatic rings. The highest BCUT2D eigenvalue weighted by atomic mass is 32.2. The fraction of sp³-hybridized carbons (Fsp3) is 0.800. The minimum absolute atomic E-state index is 0.486. The summed E-state index contributed by atoms with van der Waals surface area (Å²) in [5, 5.41) is 7.07. The Labute approximate surface area is 94.2 Å². The van der Waals surface area contributed by atoms with Gasteiger partial charge in [-0.25, -0.2) is 0 Å². The molecule has 1 aliphatic heterocycles. The molecule has 0 aliphatic carbocycles. The highest BCUT2D eigenvalue weighted by Crippen LogP contribution is 2.29. The number of nitrogens with one attached hydrogen (secondary N) is 1. The van der Waals surface area contributed by atoms with Crippen LogP contribution in [0.4, 0.5) is 0 Å². The van der Waals surface area contributed by atoms with Crippen molar-refractivity contribution in [3.05, 3.63) is 11.7 Å². The lowest BCUT2D eigenvalue weighted by molar-refractivity contribution is 0.349. The van der Waals surface area contributed by atoms with E-state index in [0.717, 1.165) is 30.4 Å². The van der Waals surface area contributed by atoms with Crippen LogP contribution in [-0.2, 0) is 6.42 Å². The molecule has 0 aromatic carbocycles. The molecule has 0 amide bonds. The van der Waals surface area contributed by atoms with Gasteiger partial charge in [0.25, 0.3) is 0 Å². The summed E-state index contributed by atoms with van der Waals surface area (Å²) in [4.78, 5) is 4.44. The second-order valence-electron chi connectivity index (χ2n) is 3.82. The first-order chi connectivity index (χ1) is 7.40. The van der Waals surface area contributed by atoms with E-state index in [-0.39, 0.29) is 0 Å². The summed E-state index contributed by atoms with van der Waals surface area (Å²) in [5.41, 5.74) is 0. The third kappa shape index (κ3) is 2.95. The molecule has 1 atom stereocenters. The summed E-state index contributed by atoms with van der Waals surface area (Å²) >= 11 is 1.98. The van der Waals surface area contributed by atoms with E-state index in [9.17, 15) is 0 Å². The molecule has 0 radical (unpaired) electrons. The Morgan fingerprint density at radius 3 is 3.27 bits per heavy atom.